The number of nitrogens with zero attached hydrogens (tertiary/aromatic N) is 1. The monoisotopic (exact) mass is 453 g/mol. The van der Waals surface area contributed by atoms with Crippen LogP contribution in [0.5, 0.6) is 0 Å². The Hall–Kier alpha value is 0.0500. The zero-order valence-corrected chi connectivity index (χ0v) is 16.7. The van der Waals surface area contributed by atoms with E-state index in [4.69, 9.17) is 4.74 Å². The van der Waals surface area contributed by atoms with E-state index in [0.29, 0.717) is 24.5 Å². The minimum atomic E-state index is -3.59. The summed E-state index contributed by atoms with van der Waals surface area (Å²) in [6.07, 6.45) is 2.29. The van der Waals surface area contributed by atoms with Gasteiger partial charge in [-0.3, -0.25) is 0 Å². The standard InChI is InChI=1S/C15H21Br2NO3S/c1-3-11-21-15(14(16)17)9-4-10-18(15)22(19,20)13-7-5-12(2)6-8-13/h5-8,14H,3-4,9-11H2,1-2H3. The lowest BCUT2D eigenvalue weighted by molar-refractivity contribution is -0.0867. The van der Waals surface area contributed by atoms with Gasteiger partial charge in [0.2, 0.25) is 10.0 Å². The molecule has 0 saturated carbocycles. The highest BCUT2D eigenvalue weighted by atomic mass is 79.9. The molecular formula is C15H21Br2NO3S. The predicted molar refractivity (Wildman–Crippen MR) is 94.9 cm³/mol. The first-order valence-electron chi connectivity index (χ1n) is 7.36. The molecule has 1 aromatic carbocycles. The highest BCUT2D eigenvalue weighted by Gasteiger charge is 2.52. The van der Waals surface area contributed by atoms with Crippen molar-refractivity contribution >= 4 is 41.9 Å². The van der Waals surface area contributed by atoms with E-state index in [9.17, 15) is 8.42 Å². The van der Waals surface area contributed by atoms with Gasteiger partial charge >= 0.3 is 0 Å². The van der Waals surface area contributed by atoms with Gasteiger partial charge in [0.15, 0.2) is 5.72 Å². The SMILES string of the molecule is CCCOC1(C(Br)Br)CCCN1S(=O)(=O)c1ccc(C)cc1. The number of alkyl halides is 2. The molecule has 1 fully saturated rings. The molecule has 0 bridgehead atoms. The Morgan fingerprint density at radius 1 is 1.32 bits per heavy atom. The van der Waals surface area contributed by atoms with E-state index in [-0.39, 0.29) is 3.74 Å². The molecule has 1 unspecified atom stereocenters. The number of rotatable bonds is 6. The van der Waals surface area contributed by atoms with Crippen molar-refractivity contribution in [1.82, 2.24) is 4.31 Å². The summed E-state index contributed by atoms with van der Waals surface area (Å²) < 4.78 is 33.3. The van der Waals surface area contributed by atoms with Gasteiger partial charge in [-0.05, 0) is 38.3 Å². The minimum Gasteiger partial charge on any atom is -0.357 e. The van der Waals surface area contributed by atoms with Crippen molar-refractivity contribution in [3.63, 3.8) is 0 Å². The van der Waals surface area contributed by atoms with Gasteiger partial charge in [-0.15, -0.1) is 0 Å². The Morgan fingerprint density at radius 3 is 2.50 bits per heavy atom. The number of halogens is 2. The maximum absolute atomic E-state index is 13.0. The van der Waals surface area contributed by atoms with E-state index in [0.717, 1.165) is 18.4 Å². The Kier molecular flexibility index (Phi) is 6.10. The third-order valence-corrected chi connectivity index (χ3v) is 7.20. The third-order valence-electron chi connectivity index (χ3n) is 3.82. The van der Waals surface area contributed by atoms with Gasteiger partial charge < -0.3 is 4.74 Å². The summed E-state index contributed by atoms with van der Waals surface area (Å²) in [7, 11) is -3.59. The lowest BCUT2D eigenvalue weighted by Gasteiger charge is -2.38. The van der Waals surface area contributed by atoms with E-state index in [1.807, 2.05) is 26.0 Å². The molecule has 0 N–H and O–H groups in total. The highest BCUT2D eigenvalue weighted by molar-refractivity contribution is 9.24. The molecule has 0 aliphatic carbocycles. The molecule has 1 atom stereocenters. The average Bonchev–Trinajstić information content (AvgIpc) is 2.91. The van der Waals surface area contributed by atoms with Gasteiger partial charge in [0.05, 0.1) is 4.90 Å². The van der Waals surface area contributed by atoms with Crippen LogP contribution in [-0.4, -0.2) is 35.3 Å². The first-order chi connectivity index (χ1) is 10.3. The average molecular weight is 455 g/mol. The summed E-state index contributed by atoms with van der Waals surface area (Å²) in [6, 6.07) is 6.95. The molecule has 0 aromatic heterocycles. The van der Waals surface area contributed by atoms with Crippen LogP contribution < -0.4 is 0 Å². The predicted octanol–water partition coefficient (Wildman–Crippen LogP) is 4.02. The Labute approximate surface area is 149 Å². The number of hydrogen-bond donors (Lipinski definition) is 0. The summed E-state index contributed by atoms with van der Waals surface area (Å²) in [5, 5.41) is 0. The summed E-state index contributed by atoms with van der Waals surface area (Å²) in [5.74, 6) is 0. The van der Waals surface area contributed by atoms with Gasteiger partial charge in [-0.25, -0.2) is 8.42 Å². The van der Waals surface area contributed by atoms with Crippen molar-refractivity contribution in [2.75, 3.05) is 13.2 Å². The number of aryl methyl sites for hydroxylation is 1. The maximum atomic E-state index is 13.0. The van der Waals surface area contributed by atoms with Gasteiger partial charge in [-0.2, -0.15) is 4.31 Å². The summed E-state index contributed by atoms with van der Waals surface area (Å²) in [5.41, 5.74) is 0.160. The third kappa shape index (κ3) is 3.43. The topological polar surface area (TPSA) is 46.6 Å². The van der Waals surface area contributed by atoms with Crippen molar-refractivity contribution in [2.45, 2.75) is 47.5 Å². The lowest BCUT2D eigenvalue weighted by atomic mass is 10.2. The second kappa shape index (κ2) is 7.30. The molecule has 0 spiro atoms. The van der Waals surface area contributed by atoms with Crippen LogP contribution in [0, 0.1) is 6.92 Å². The van der Waals surface area contributed by atoms with Crippen LogP contribution in [-0.2, 0) is 14.8 Å². The van der Waals surface area contributed by atoms with E-state index in [1.165, 1.54) is 4.31 Å². The van der Waals surface area contributed by atoms with Crippen LogP contribution in [0.1, 0.15) is 31.7 Å². The van der Waals surface area contributed by atoms with Crippen molar-refractivity contribution in [3.05, 3.63) is 29.8 Å². The van der Waals surface area contributed by atoms with Gasteiger partial charge in [0.1, 0.15) is 3.74 Å². The second-order valence-electron chi connectivity index (χ2n) is 5.49. The molecule has 2 rings (SSSR count). The lowest BCUT2D eigenvalue weighted by Crippen LogP contribution is -2.53. The number of benzene rings is 1. The minimum absolute atomic E-state index is 0.262. The van der Waals surface area contributed by atoms with Crippen LogP contribution in [0.15, 0.2) is 29.2 Å². The maximum Gasteiger partial charge on any atom is 0.245 e. The molecule has 0 amide bonds. The van der Waals surface area contributed by atoms with Crippen LogP contribution >= 0.6 is 31.9 Å². The molecular weight excluding hydrogens is 434 g/mol. The molecule has 1 heterocycles. The van der Waals surface area contributed by atoms with Crippen LogP contribution in [0.25, 0.3) is 0 Å². The quantitative estimate of drug-likeness (QED) is 0.610. The fraction of sp³-hybridized carbons (Fsp3) is 0.600. The van der Waals surface area contributed by atoms with Gasteiger partial charge in [-0.1, -0.05) is 56.5 Å². The van der Waals surface area contributed by atoms with E-state index >= 15 is 0 Å². The summed E-state index contributed by atoms with van der Waals surface area (Å²) >= 11 is 6.98. The Balaban J connectivity index is 2.41. The van der Waals surface area contributed by atoms with Crippen LogP contribution in [0.3, 0.4) is 0 Å². The van der Waals surface area contributed by atoms with Gasteiger partial charge in [0.25, 0.3) is 0 Å². The molecule has 1 aliphatic rings. The smallest absolute Gasteiger partial charge is 0.245 e. The normalized spacial score (nSPS) is 23.3. The van der Waals surface area contributed by atoms with Crippen molar-refractivity contribution < 1.29 is 13.2 Å². The molecule has 1 saturated heterocycles. The molecule has 7 heteroatoms. The number of hydrogen-bond acceptors (Lipinski definition) is 3. The fourth-order valence-electron chi connectivity index (χ4n) is 2.65. The van der Waals surface area contributed by atoms with Crippen molar-refractivity contribution in [2.24, 2.45) is 0 Å². The van der Waals surface area contributed by atoms with E-state index < -0.39 is 15.7 Å². The number of sulfonamides is 1. The van der Waals surface area contributed by atoms with Crippen LogP contribution in [0.2, 0.25) is 0 Å². The van der Waals surface area contributed by atoms with Crippen LogP contribution in [0.4, 0.5) is 0 Å². The van der Waals surface area contributed by atoms with Crippen molar-refractivity contribution in [1.29, 1.82) is 0 Å². The second-order valence-corrected chi connectivity index (χ2v) is 10.4. The van der Waals surface area contributed by atoms with E-state index in [1.54, 1.807) is 12.1 Å². The molecule has 4 nitrogen and oxygen atoms in total. The van der Waals surface area contributed by atoms with E-state index in [2.05, 4.69) is 31.9 Å². The zero-order valence-electron chi connectivity index (χ0n) is 12.8. The summed E-state index contributed by atoms with van der Waals surface area (Å²) in [4.78, 5) is 0.310. The molecule has 1 aliphatic heterocycles. The summed E-state index contributed by atoms with van der Waals surface area (Å²) in [6.45, 7) is 4.94. The number of ether oxygens (including phenoxy) is 1. The first kappa shape index (κ1) is 18.4. The largest absolute Gasteiger partial charge is 0.357 e. The van der Waals surface area contributed by atoms with Gasteiger partial charge in [0, 0.05) is 13.2 Å². The Bertz CT molecular complexity index is 604. The molecule has 0 radical (unpaired) electrons. The zero-order chi connectivity index (χ0) is 16.4. The molecule has 22 heavy (non-hydrogen) atoms. The highest BCUT2D eigenvalue weighted by Crippen LogP contribution is 2.43. The molecule has 124 valence electrons. The first-order valence-corrected chi connectivity index (χ1v) is 10.6. The molecule has 1 aromatic rings. The Morgan fingerprint density at radius 2 is 1.95 bits per heavy atom. The van der Waals surface area contributed by atoms with Crippen molar-refractivity contribution in [3.8, 4) is 0 Å². The fourth-order valence-corrected chi connectivity index (χ4v) is 5.90.